The molecule has 1 rings (SSSR count). The van der Waals surface area contributed by atoms with Gasteiger partial charge in [-0.3, -0.25) is 0 Å². The summed E-state index contributed by atoms with van der Waals surface area (Å²) in [5.74, 6) is 0.866. The summed E-state index contributed by atoms with van der Waals surface area (Å²) in [5.41, 5.74) is 6.84. The van der Waals surface area contributed by atoms with Crippen LogP contribution in [0.4, 0.5) is 0 Å². The van der Waals surface area contributed by atoms with Gasteiger partial charge in [0.15, 0.2) is 0 Å². The monoisotopic (exact) mass is 277 g/mol. The van der Waals surface area contributed by atoms with Gasteiger partial charge in [-0.25, -0.2) is 0 Å². The molecule has 0 aliphatic heterocycles. The standard InChI is InChI=1S/C9H12INO/c1-6(11)8-5-7(10)3-4-9(8)12-2/h3-6H,11H2,1-2H3/t6-/m0/s1. The fourth-order valence-electron chi connectivity index (χ4n) is 1.06. The van der Waals surface area contributed by atoms with Gasteiger partial charge in [-0.2, -0.15) is 0 Å². The van der Waals surface area contributed by atoms with Crippen LogP contribution >= 0.6 is 22.6 Å². The van der Waals surface area contributed by atoms with Gasteiger partial charge < -0.3 is 10.5 Å². The second-order valence-electron chi connectivity index (χ2n) is 2.67. The highest BCUT2D eigenvalue weighted by molar-refractivity contribution is 14.1. The van der Waals surface area contributed by atoms with E-state index in [4.69, 9.17) is 10.5 Å². The van der Waals surface area contributed by atoms with E-state index in [1.54, 1.807) is 7.11 Å². The molecule has 0 heterocycles. The second-order valence-corrected chi connectivity index (χ2v) is 3.92. The fourth-order valence-corrected chi connectivity index (χ4v) is 1.58. The first-order chi connectivity index (χ1) is 5.65. The van der Waals surface area contributed by atoms with E-state index in [-0.39, 0.29) is 6.04 Å². The molecule has 1 aromatic carbocycles. The first-order valence-corrected chi connectivity index (χ1v) is 4.82. The summed E-state index contributed by atoms with van der Waals surface area (Å²) in [7, 11) is 1.66. The maximum Gasteiger partial charge on any atom is 0.123 e. The van der Waals surface area contributed by atoms with Gasteiger partial charge in [0.2, 0.25) is 0 Å². The van der Waals surface area contributed by atoms with Gasteiger partial charge in [-0.1, -0.05) is 0 Å². The van der Waals surface area contributed by atoms with Gasteiger partial charge in [-0.05, 0) is 47.7 Å². The maximum atomic E-state index is 5.78. The highest BCUT2D eigenvalue weighted by atomic mass is 127. The second kappa shape index (κ2) is 4.09. The van der Waals surface area contributed by atoms with Crippen LogP contribution < -0.4 is 10.5 Å². The lowest BCUT2D eigenvalue weighted by molar-refractivity contribution is 0.407. The van der Waals surface area contributed by atoms with Gasteiger partial charge in [0, 0.05) is 15.2 Å². The van der Waals surface area contributed by atoms with Crippen molar-refractivity contribution in [3.05, 3.63) is 27.3 Å². The minimum Gasteiger partial charge on any atom is -0.496 e. The van der Waals surface area contributed by atoms with E-state index in [0.717, 1.165) is 11.3 Å². The lowest BCUT2D eigenvalue weighted by atomic mass is 10.1. The summed E-state index contributed by atoms with van der Waals surface area (Å²) in [6.45, 7) is 1.95. The molecular formula is C9H12INO. The van der Waals surface area contributed by atoms with Gasteiger partial charge >= 0.3 is 0 Å². The van der Waals surface area contributed by atoms with Crippen LogP contribution in [0.15, 0.2) is 18.2 Å². The zero-order valence-electron chi connectivity index (χ0n) is 7.17. The number of hydrogen-bond donors (Lipinski definition) is 1. The molecule has 12 heavy (non-hydrogen) atoms. The Balaban J connectivity index is 3.12. The molecule has 0 aliphatic carbocycles. The average molecular weight is 277 g/mol. The number of rotatable bonds is 2. The van der Waals surface area contributed by atoms with Gasteiger partial charge in [0.25, 0.3) is 0 Å². The summed E-state index contributed by atoms with van der Waals surface area (Å²) in [5, 5.41) is 0. The van der Waals surface area contributed by atoms with Crippen LogP contribution in [-0.2, 0) is 0 Å². The zero-order chi connectivity index (χ0) is 9.14. The number of hydrogen-bond acceptors (Lipinski definition) is 2. The molecule has 0 spiro atoms. The van der Waals surface area contributed by atoms with Gasteiger partial charge in [0.05, 0.1) is 7.11 Å². The van der Waals surface area contributed by atoms with Crippen molar-refractivity contribution in [3.63, 3.8) is 0 Å². The SMILES string of the molecule is COc1ccc(I)cc1[C@H](C)N. The molecule has 2 nitrogen and oxygen atoms in total. The summed E-state index contributed by atoms with van der Waals surface area (Å²) in [4.78, 5) is 0. The highest BCUT2D eigenvalue weighted by Crippen LogP contribution is 2.25. The summed E-state index contributed by atoms with van der Waals surface area (Å²) < 4.78 is 6.36. The van der Waals surface area contributed by atoms with E-state index in [0.29, 0.717) is 0 Å². The van der Waals surface area contributed by atoms with Crippen molar-refractivity contribution in [2.75, 3.05) is 7.11 Å². The Morgan fingerprint density at radius 2 is 2.17 bits per heavy atom. The van der Waals surface area contributed by atoms with Crippen molar-refractivity contribution < 1.29 is 4.74 Å². The van der Waals surface area contributed by atoms with Crippen molar-refractivity contribution in [1.29, 1.82) is 0 Å². The van der Waals surface area contributed by atoms with Crippen molar-refractivity contribution in [2.24, 2.45) is 5.73 Å². The van der Waals surface area contributed by atoms with E-state index in [9.17, 15) is 0 Å². The van der Waals surface area contributed by atoms with E-state index in [2.05, 4.69) is 22.6 Å². The van der Waals surface area contributed by atoms with Crippen molar-refractivity contribution in [1.82, 2.24) is 0 Å². The summed E-state index contributed by atoms with van der Waals surface area (Å²) in [6.07, 6.45) is 0. The number of methoxy groups -OCH3 is 1. The Hall–Kier alpha value is -0.290. The third-order valence-electron chi connectivity index (χ3n) is 1.68. The minimum atomic E-state index is 0.0228. The first kappa shape index (κ1) is 9.80. The minimum absolute atomic E-state index is 0.0228. The van der Waals surface area contributed by atoms with Crippen molar-refractivity contribution in [2.45, 2.75) is 13.0 Å². The van der Waals surface area contributed by atoms with E-state index < -0.39 is 0 Å². The highest BCUT2D eigenvalue weighted by Gasteiger charge is 2.06. The molecule has 0 unspecified atom stereocenters. The number of halogens is 1. The molecule has 1 aromatic rings. The molecule has 0 bridgehead atoms. The molecule has 0 aromatic heterocycles. The van der Waals surface area contributed by atoms with E-state index >= 15 is 0 Å². The van der Waals surface area contributed by atoms with Crippen LogP contribution in [0.25, 0.3) is 0 Å². The smallest absolute Gasteiger partial charge is 0.123 e. The normalized spacial score (nSPS) is 12.7. The molecule has 0 aliphatic rings. The molecule has 2 N–H and O–H groups in total. The Kier molecular flexibility index (Phi) is 3.34. The third-order valence-corrected chi connectivity index (χ3v) is 2.35. The van der Waals surface area contributed by atoms with Crippen molar-refractivity contribution >= 4 is 22.6 Å². The topological polar surface area (TPSA) is 35.2 Å². The van der Waals surface area contributed by atoms with Crippen LogP contribution in [0.3, 0.4) is 0 Å². The molecule has 0 saturated heterocycles. The molecule has 1 atom stereocenters. The van der Waals surface area contributed by atoms with Gasteiger partial charge in [-0.15, -0.1) is 0 Å². The van der Waals surface area contributed by atoms with Crippen LogP contribution in [0.1, 0.15) is 18.5 Å². The van der Waals surface area contributed by atoms with E-state index in [1.165, 1.54) is 3.57 Å². The molecule has 3 heteroatoms. The molecule has 0 amide bonds. The fraction of sp³-hybridized carbons (Fsp3) is 0.333. The quantitative estimate of drug-likeness (QED) is 0.842. The van der Waals surface area contributed by atoms with Crippen molar-refractivity contribution in [3.8, 4) is 5.75 Å². The number of ether oxygens (including phenoxy) is 1. The Morgan fingerprint density at radius 3 is 2.67 bits per heavy atom. The zero-order valence-corrected chi connectivity index (χ0v) is 9.33. The molecular weight excluding hydrogens is 265 g/mol. The van der Waals surface area contributed by atoms with Gasteiger partial charge in [0.1, 0.15) is 5.75 Å². The van der Waals surface area contributed by atoms with Crippen LogP contribution in [-0.4, -0.2) is 7.11 Å². The maximum absolute atomic E-state index is 5.78. The van der Waals surface area contributed by atoms with Crippen LogP contribution in [0.5, 0.6) is 5.75 Å². The largest absolute Gasteiger partial charge is 0.496 e. The predicted octanol–water partition coefficient (Wildman–Crippen LogP) is 2.32. The number of nitrogens with two attached hydrogens (primary N) is 1. The third kappa shape index (κ3) is 2.10. The Bertz CT molecular complexity index is 273. The summed E-state index contributed by atoms with van der Waals surface area (Å²) in [6, 6.07) is 6.02. The molecule has 0 saturated carbocycles. The first-order valence-electron chi connectivity index (χ1n) is 3.74. The van der Waals surface area contributed by atoms with Crippen LogP contribution in [0.2, 0.25) is 0 Å². The average Bonchev–Trinajstić information content (AvgIpc) is 2.04. The van der Waals surface area contributed by atoms with Crippen LogP contribution in [0, 0.1) is 3.57 Å². The predicted molar refractivity (Wildman–Crippen MR) is 58.3 cm³/mol. The molecule has 0 fully saturated rings. The Morgan fingerprint density at radius 1 is 1.50 bits per heavy atom. The number of benzene rings is 1. The lowest BCUT2D eigenvalue weighted by Crippen LogP contribution is -2.07. The lowest BCUT2D eigenvalue weighted by Gasteiger charge is -2.11. The summed E-state index contributed by atoms with van der Waals surface area (Å²) >= 11 is 2.26. The molecule has 66 valence electrons. The molecule has 0 radical (unpaired) electrons. The van der Waals surface area contributed by atoms with E-state index in [1.807, 2.05) is 25.1 Å². The Labute approximate surface area is 86.2 Å².